The summed E-state index contributed by atoms with van der Waals surface area (Å²) in [6.45, 7) is 2.94. The molecule has 3 amide bonds. The first kappa shape index (κ1) is 22.1. The van der Waals surface area contributed by atoms with Crippen molar-refractivity contribution in [2.75, 3.05) is 35.3 Å². The second-order valence-electron chi connectivity index (χ2n) is 6.55. The van der Waals surface area contributed by atoms with E-state index < -0.39 is 18.1 Å². The number of hydrogen-bond donors (Lipinski definition) is 2. The quantitative estimate of drug-likeness (QED) is 0.660. The van der Waals surface area contributed by atoms with Crippen LogP contribution in [0.1, 0.15) is 19.8 Å². The van der Waals surface area contributed by atoms with Crippen molar-refractivity contribution >= 4 is 57.2 Å². The van der Waals surface area contributed by atoms with E-state index in [2.05, 4.69) is 10.6 Å². The molecule has 1 saturated heterocycles. The summed E-state index contributed by atoms with van der Waals surface area (Å²) in [5, 5.41) is 5.85. The highest BCUT2D eigenvalue weighted by Crippen LogP contribution is 2.26. The van der Waals surface area contributed by atoms with Gasteiger partial charge in [-0.1, -0.05) is 24.9 Å². The minimum Gasteiger partial charge on any atom is -0.436 e. The molecule has 1 atom stereocenters. The van der Waals surface area contributed by atoms with Gasteiger partial charge in [0, 0.05) is 17.9 Å². The molecule has 1 aliphatic heterocycles. The lowest BCUT2D eigenvalue weighted by molar-refractivity contribution is -0.126. The number of rotatable bonds is 7. The van der Waals surface area contributed by atoms with Gasteiger partial charge < -0.3 is 19.7 Å². The van der Waals surface area contributed by atoms with Crippen LogP contribution in [0.15, 0.2) is 36.4 Å². The van der Waals surface area contributed by atoms with Crippen LogP contribution in [0, 0.1) is 0 Å². The van der Waals surface area contributed by atoms with Crippen LogP contribution in [0.25, 0.3) is 0 Å². The molecule has 0 saturated carbocycles. The van der Waals surface area contributed by atoms with Gasteiger partial charge in [0.15, 0.2) is 6.10 Å². The molecule has 1 aromatic heterocycles. The highest BCUT2D eigenvalue weighted by molar-refractivity contribution is 7.20. The average Bonchev–Trinajstić information content (AvgIpc) is 3.13. The van der Waals surface area contributed by atoms with Crippen molar-refractivity contribution < 1.29 is 23.9 Å². The van der Waals surface area contributed by atoms with Gasteiger partial charge >= 0.3 is 6.09 Å². The topological polar surface area (TPSA) is 97.0 Å². The summed E-state index contributed by atoms with van der Waals surface area (Å²) in [6.07, 6.45) is -0.617. The van der Waals surface area contributed by atoms with Gasteiger partial charge in [-0.15, -0.1) is 11.3 Å². The molecule has 3 rings (SSSR count). The van der Waals surface area contributed by atoms with Gasteiger partial charge in [0.25, 0.3) is 11.8 Å². The lowest BCUT2D eigenvalue weighted by Gasteiger charge is -2.27. The molecule has 1 fully saturated rings. The Bertz CT molecular complexity index is 902. The maximum atomic E-state index is 12.6. The number of anilines is 3. The standard InChI is InChI=1S/C20H22ClN3O5S/c1-2-3-15(29-20(27)23-17-9-8-16(21)30-17)19(26)22-13-4-6-14(7-5-13)24-10-11-28-12-18(24)25/h4-9,15H,2-3,10-12H2,1H3,(H,22,26)(H,23,27)/t15-/m1/s1. The Morgan fingerprint density at radius 1 is 1.23 bits per heavy atom. The Hall–Kier alpha value is -2.62. The third kappa shape index (κ3) is 5.94. The number of thiophene rings is 1. The van der Waals surface area contributed by atoms with Crippen molar-refractivity contribution in [3.8, 4) is 0 Å². The second kappa shape index (κ2) is 10.4. The number of nitrogens with zero attached hydrogens (tertiary/aromatic N) is 1. The van der Waals surface area contributed by atoms with Crippen LogP contribution in [-0.4, -0.2) is 43.8 Å². The number of ether oxygens (including phenoxy) is 2. The van der Waals surface area contributed by atoms with Crippen molar-refractivity contribution in [2.45, 2.75) is 25.9 Å². The second-order valence-corrected chi connectivity index (χ2v) is 8.26. The molecular weight excluding hydrogens is 430 g/mol. The Morgan fingerprint density at radius 3 is 2.63 bits per heavy atom. The largest absolute Gasteiger partial charge is 0.436 e. The van der Waals surface area contributed by atoms with E-state index in [-0.39, 0.29) is 12.5 Å². The molecule has 2 aromatic rings. The van der Waals surface area contributed by atoms with Crippen molar-refractivity contribution in [3.63, 3.8) is 0 Å². The monoisotopic (exact) mass is 451 g/mol. The first-order valence-electron chi connectivity index (χ1n) is 9.48. The molecule has 10 heteroatoms. The van der Waals surface area contributed by atoms with E-state index in [0.29, 0.717) is 41.0 Å². The number of morpholine rings is 1. The van der Waals surface area contributed by atoms with E-state index in [0.717, 1.165) is 5.69 Å². The maximum Gasteiger partial charge on any atom is 0.413 e. The lowest BCUT2D eigenvalue weighted by atomic mass is 10.2. The number of nitrogens with one attached hydrogen (secondary N) is 2. The fourth-order valence-corrected chi connectivity index (χ4v) is 3.81. The Morgan fingerprint density at radius 2 is 2.00 bits per heavy atom. The SMILES string of the molecule is CCC[C@@H](OC(=O)Nc1ccc(Cl)s1)C(=O)Nc1ccc(N2CCOCC2=O)cc1. The predicted octanol–water partition coefficient (Wildman–Crippen LogP) is 4.12. The summed E-state index contributed by atoms with van der Waals surface area (Å²) in [5.74, 6) is -0.529. The molecule has 2 N–H and O–H groups in total. The minimum absolute atomic E-state index is 0.0638. The van der Waals surface area contributed by atoms with Crippen molar-refractivity contribution in [2.24, 2.45) is 0 Å². The fourth-order valence-electron chi connectivity index (χ4n) is 2.88. The molecule has 30 heavy (non-hydrogen) atoms. The zero-order valence-corrected chi connectivity index (χ0v) is 17.9. The molecule has 0 bridgehead atoms. The van der Waals surface area contributed by atoms with Gasteiger partial charge in [0.2, 0.25) is 0 Å². The summed E-state index contributed by atoms with van der Waals surface area (Å²) in [7, 11) is 0. The van der Waals surface area contributed by atoms with Crippen LogP contribution in [0.3, 0.4) is 0 Å². The molecule has 0 spiro atoms. The maximum absolute atomic E-state index is 12.6. The lowest BCUT2D eigenvalue weighted by Crippen LogP contribution is -2.41. The molecule has 1 aromatic carbocycles. The summed E-state index contributed by atoms with van der Waals surface area (Å²) in [4.78, 5) is 38.3. The summed E-state index contributed by atoms with van der Waals surface area (Å²) >= 11 is 7.04. The molecule has 0 aliphatic carbocycles. The van der Waals surface area contributed by atoms with Crippen LogP contribution >= 0.6 is 22.9 Å². The number of amides is 3. The predicted molar refractivity (Wildman–Crippen MR) is 116 cm³/mol. The van der Waals surface area contributed by atoms with Crippen LogP contribution in [-0.2, 0) is 19.1 Å². The number of carbonyl (C=O) groups excluding carboxylic acids is 3. The molecule has 0 unspecified atom stereocenters. The summed E-state index contributed by atoms with van der Waals surface area (Å²) in [6, 6.07) is 10.2. The number of carbonyl (C=O) groups is 3. The molecule has 160 valence electrons. The van der Waals surface area contributed by atoms with Crippen molar-refractivity contribution in [1.29, 1.82) is 0 Å². The highest BCUT2D eigenvalue weighted by atomic mass is 35.5. The Kier molecular flexibility index (Phi) is 7.67. The highest BCUT2D eigenvalue weighted by Gasteiger charge is 2.23. The van der Waals surface area contributed by atoms with Gasteiger partial charge in [0.05, 0.1) is 15.9 Å². The summed E-state index contributed by atoms with van der Waals surface area (Å²) < 4.78 is 11.0. The molecule has 2 heterocycles. The van der Waals surface area contributed by atoms with Gasteiger partial charge in [-0.3, -0.25) is 14.9 Å². The van der Waals surface area contributed by atoms with E-state index in [1.807, 2.05) is 6.92 Å². The first-order chi connectivity index (χ1) is 14.5. The molecular formula is C20H22ClN3O5S. The van der Waals surface area contributed by atoms with E-state index in [4.69, 9.17) is 21.1 Å². The normalized spacial score (nSPS) is 14.9. The van der Waals surface area contributed by atoms with Gasteiger partial charge in [-0.25, -0.2) is 4.79 Å². The smallest absolute Gasteiger partial charge is 0.413 e. The Balaban J connectivity index is 1.58. The fraction of sp³-hybridized carbons (Fsp3) is 0.350. The van der Waals surface area contributed by atoms with Crippen LogP contribution in [0.4, 0.5) is 21.2 Å². The van der Waals surface area contributed by atoms with E-state index in [9.17, 15) is 14.4 Å². The van der Waals surface area contributed by atoms with Gasteiger partial charge in [0.1, 0.15) is 6.61 Å². The van der Waals surface area contributed by atoms with Gasteiger partial charge in [-0.05, 0) is 42.8 Å². The zero-order chi connectivity index (χ0) is 21.5. The third-order valence-corrected chi connectivity index (χ3v) is 5.47. The van der Waals surface area contributed by atoms with Crippen LogP contribution in [0.5, 0.6) is 0 Å². The number of benzene rings is 1. The zero-order valence-electron chi connectivity index (χ0n) is 16.4. The molecule has 8 nitrogen and oxygen atoms in total. The minimum atomic E-state index is -0.939. The van der Waals surface area contributed by atoms with E-state index >= 15 is 0 Å². The van der Waals surface area contributed by atoms with Gasteiger partial charge in [-0.2, -0.15) is 0 Å². The number of halogens is 1. The first-order valence-corrected chi connectivity index (χ1v) is 10.7. The molecule has 0 radical (unpaired) electrons. The van der Waals surface area contributed by atoms with E-state index in [1.54, 1.807) is 41.3 Å². The van der Waals surface area contributed by atoms with Crippen molar-refractivity contribution in [1.82, 2.24) is 0 Å². The summed E-state index contributed by atoms with van der Waals surface area (Å²) in [5.41, 5.74) is 1.27. The number of hydrogen-bond acceptors (Lipinski definition) is 6. The van der Waals surface area contributed by atoms with Crippen LogP contribution < -0.4 is 15.5 Å². The van der Waals surface area contributed by atoms with Crippen LogP contribution in [0.2, 0.25) is 4.34 Å². The van der Waals surface area contributed by atoms with Crippen molar-refractivity contribution in [3.05, 3.63) is 40.7 Å². The Labute approximate surface area is 183 Å². The molecule has 1 aliphatic rings. The average molecular weight is 452 g/mol. The van der Waals surface area contributed by atoms with E-state index in [1.165, 1.54) is 11.3 Å². The third-order valence-electron chi connectivity index (χ3n) is 4.32.